The van der Waals surface area contributed by atoms with E-state index in [-0.39, 0.29) is 17.1 Å². The lowest BCUT2D eigenvalue weighted by molar-refractivity contribution is -0.134. The van der Waals surface area contributed by atoms with E-state index >= 15 is 0 Å². The Kier molecular flexibility index (Phi) is 5.67. The minimum Gasteiger partial charge on any atom is -0.340 e. The van der Waals surface area contributed by atoms with Crippen LogP contribution in [0.25, 0.3) is 11.4 Å². The Labute approximate surface area is 181 Å². The maximum Gasteiger partial charge on any atom is 0.223 e. The molecule has 1 N–H and O–H groups in total. The second-order valence-corrected chi connectivity index (χ2v) is 9.00. The summed E-state index contributed by atoms with van der Waals surface area (Å²) in [6, 6.07) is 9.97. The van der Waals surface area contributed by atoms with E-state index in [1.54, 1.807) is 24.5 Å². The van der Waals surface area contributed by atoms with E-state index in [0.717, 1.165) is 16.8 Å². The van der Waals surface area contributed by atoms with Crippen LogP contribution in [0.2, 0.25) is 0 Å². The molecule has 2 aromatic heterocycles. The Balaban J connectivity index is 1.71. The summed E-state index contributed by atoms with van der Waals surface area (Å²) in [5, 5.41) is 3.25. The van der Waals surface area contributed by atoms with Crippen molar-refractivity contribution in [1.82, 2.24) is 19.9 Å². The van der Waals surface area contributed by atoms with Crippen LogP contribution in [0.1, 0.15) is 38.4 Å². The van der Waals surface area contributed by atoms with Gasteiger partial charge in [-0.3, -0.25) is 9.78 Å². The van der Waals surface area contributed by atoms with Gasteiger partial charge in [0.25, 0.3) is 0 Å². The van der Waals surface area contributed by atoms with E-state index in [1.807, 2.05) is 17.0 Å². The number of rotatable bonds is 4. The zero-order valence-corrected chi connectivity index (χ0v) is 18.0. The smallest absolute Gasteiger partial charge is 0.223 e. The molecule has 0 fully saturated rings. The van der Waals surface area contributed by atoms with Gasteiger partial charge in [0.2, 0.25) is 5.91 Å². The summed E-state index contributed by atoms with van der Waals surface area (Å²) >= 11 is 0. The first kappa shape index (κ1) is 20.9. The van der Waals surface area contributed by atoms with E-state index < -0.39 is 0 Å². The van der Waals surface area contributed by atoms with Crippen molar-refractivity contribution in [1.29, 1.82) is 0 Å². The lowest BCUT2D eigenvalue weighted by atomic mass is 9.91. The molecule has 6 nitrogen and oxygen atoms in total. The van der Waals surface area contributed by atoms with Crippen LogP contribution in [0.3, 0.4) is 0 Å². The number of carbonyl (C=O) groups is 1. The highest BCUT2D eigenvalue weighted by molar-refractivity contribution is 5.77. The summed E-state index contributed by atoms with van der Waals surface area (Å²) in [6.07, 6.45) is 4.52. The molecule has 0 saturated carbocycles. The molecule has 7 heteroatoms. The van der Waals surface area contributed by atoms with Crippen LogP contribution in [0.4, 0.5) is 15.9 Å². The Bertz CT molecular complexity index is 1090. The second-order valence-electron chi connectivity index (χ2n) is 9.00. The predicted molar refractivity (Wildman–Crippen MR) is 118 cm³/mol. The summed E-state index contributed by atoms with van der Waals surface area (Å²) in [4.78, 5) is 28.3. The molecule has 0 atom stereocenters. The molecule has 1 aliphatic heterocycles. The quantitative estimate of drug-likeness (QED) is 0.661. The van der Waals surface area contributed by atoms with Gasteiger partial charge in [0, 0.05) is 48.6 Å². The molecule has 0 radical (unpaired) electrons. The summed E-state index contributed by atoms with van der Waals surface area (Å²) < 4.78 is 13.7. The number of fused-ring (bicyclic) bond motifs is 1. The highest BCUT2D eigenvalue weighted by Crippen LogP contribution is 2.30. The summed E-state index contributed by atoms with van der Waals surface area (Å²) in [7, 11) is 0. The van der Waals surface area contributed by atoms with Gasteiger partial charge in [-0.25, -0.2) is 14.4 Å². The SMILES string of the molecule is CC(C)(C)CC(=O)N1CCc2nc(-c3ccncc3)nc(Nc3cccc(F)c3)c2C1. The first-order chi connectivity index (χ1) is 14.8. The molecular formula is C24H26FN5O. The number of aromatic nitrogens is 3. The van der Waals surface area contributed by atoms with Crippen LogP contribution in [0, 0.1) is 11.2 Å². The number of carbonyl (C=O) groups excluding carboxylic acids is 1. The average Bonchev–Trinajstić information content (AvgIpc) is 2.73. The van der Waals surface area contributed by atoms with Gasteiger partial charge in [-0.15, -0.1) is 0 Å². The van der Waals surface area contributed by atoms with Crippen molar-refractivity contribution in [2.24, 2.45) is 5.41 Å². The summed E-state index contributed by atoms with van der Waals surface area (Å²) in [6.45, 7) is 7.23. The molecular weight excluding hydrogens is 393 g/mol. The molecule has 0 spiro atoms. The van der Waals surface area contributed by atoms with Gasteiger partial charge in [0.1, 0.15) is 11.6 Å². The minimum atomic E-state index is -0.329. The third kappa shape index (κ3) is 5.05. The standard InChI is InChI=1S/C24H26FN5O/c1-24(2,3)14-21(31)30-12-9-20-19(15-30)23(27-18-6-4-5-17(25)13-18)29-22(28-20)16-7-10-26-11-8-16/h4-8,10-11,13H,9,12,14-15H2,1-3H3,(H,27,28,29). The number of hydrogen-bond donors (Lipinski definition) is 1. The van der Waals surface area contributed by atoms with Crippen LogP contribution in [-0.4, -0.2) is 32.3 Å². The van der Waals surface area contributed by atoms with Gasteiger partial charge < -0.3 is 10.2 Å². The van der Waals surface area contributed by atoms with Gasteiger partial charge in [-0.2, -0.15) is 0 Å². The van der Waals surface area contributed by atoms with Gasteiger partial charge >= 0.3 is 0 Å². The number of halogens is 1. The first-order valence-corrected chi connectivity index (χ1v) is 10.4. The second kappa shape index (κ2) is 8.41. The lowest BCUT2D eigenvalue weighted by Gasteiger charge is -2.32. The monoisotopic (exact) mass is 419 g/mol. The molecule has 1 aromatic carbocycles. The predicted octanol–water partition coefficient (Wildman–Crippen LogP) is 4.74. The van der Waals surface area contributed by atoms with Crippen LogP contribution >= 0.6 is 0 Å². The van der Waals surface area contributed by atoms with E-state index in [1.165, 1.54) is 12.1 Å². The first-order valence-electron chi connectivity index (χ1n) is 10.4. The third-order valence-corrected chi connectivity index (χ3v) is 5.12. The highest BCUT2D eigenvalue weighted by atomic mass is 19.1. The number of benzene rings is 1. The van der Waals surface area contributed by atoms with Crippen molar-refractivity contribution < 1.29 is 9.18 Å². The maximum absolute atomic E-state index is 13.7. The molecule has 160 valence electrons. The summed E-state index contributed by atoms with van der Waals surface area (Å²) in [5.74, 6) is 0.961. The normalized spacial score (nSPS) is 13.6. The summed E-state index contributed by atoms with van der Waals surface area (Å²) in [5.41, 5.74) is 3.14. The van der Waals surface area contributed by atoms with Crippen LogP contribution in [-0.2, 0) is 17.8 Å². The van der Waals surface area contributed by atoms with E-state index in [2.05, 4.69) is 31.1 Å². The number of nitrogens with zero attached hydrogens (tertiary/aromatic N) is 4. The fraction of sp³-hybridized carbons (Fsp3) is 0.333. The fourth-order valence-corrected chi connectivity index (χ4v) is 3.63. The van der Waals surface area contributed by atoms with Gasteiger partial charge in [0.15, 0.2) is 5.82 Å². The zero-order chi connectivity index (χ0) is 22.0. The number of amides is 1. The molecule has 3 heterocycles. The molecule has 1 aliphatic rings. The van der Waals surface area contributed by atoms with Crippen LogP contribution < -0.4 is 5.32 Å². The average molecular weight is 420 g/mol. The molecule has 0 aliphatic carbocycles. The number of nitrogens with one attached hydrogen (secondary N) is 1. The Morgan fingerprint density at radius 2 is 1.94 bits per heavy atom. The molecule has 0 unspecified atom stereocenters. The molecule has 4 rings (SSSR count). The van der Waals surface area contributed by atoms with Crippen LogP contribution in [0.15, 0.2) is 48.8 Å². The fourth-order valence-electron chi connectivity index (χ4n) is 3.63. The van der Waals surface area contributed by atoms with Crippen molar-refractivity contribution in [2.75, 3.05) is 11.9 Å². The molecule has 1 amide bonds. The minimum absolute atomic E-state index is 0.0816. The lowest BCUT2D eigenvalue weighted by Crippen LogP contribution is -2.38. The van der Waals surface area contributed by atoms with Crippen LogP contribution in [0.5, 0.6) is 0 Å². The molecule has 0 saturated heterocycles. The zero-order valence-electron chi connectivity index (χ0n) is 18.0. The number of hydrogen-bond acceptors (Lipinski definition) is 5. The maximum atomic E-state index is 13.7. The van der Waals surface area contributed by atoms with Gasteiger partial charge in [0.05, 0.1) is 12.2 Å². The Morgan fingerprint density at radius 3 is 2.65 bits per heavy atom. The number of anilines is 2. The van der Waals surface area contributed by atoms with E-state index in [4.69, 9.17) is 9.97 Å². The van der Waals surface area contributed by atoms with Crippen molar-refractivity contribution in [3.8, 4) is 11.4 Å². The van der Waals surface area contributed by atoms with E-state index in [0.29, 0.717) is 43.3 Å². The van der Waals surface area contributed by atoms with Gasteiger partial charge in [-0.1, -0.05) is 26.8 Å². The largest absolute Gasteiger partial charge is 0.340 e. The van der Waals surface area contributed by atoms with Crippen molar-refractivity contribution >= 4 is 17.4 Å². The highest BCUT2D eigenvalue weighted by Gasteiger charge is 2.28. The third-order valence-electron chi connectivity index (χ3n) is 5.12. The van der Waals surface area contributed by atoms with Crippen molar-refractivity contribution in [2.45, 2.75) is 40.2 Å². The topological polar surface area (TPSA) is 71.0 Å². The van der Waals surface area contributed by atoms with Crippen molar-refractivity contribution in [3.05, 3.63) is 65.9 Å². The Hall–Kier alpha value is -3.35. The number of pyridine rings is 1. The molecule has 31 heavy (non-hydrogen) atoms. The molecule has 3 aromatic rings. The Morgan fingerprint density at radius 1 is 1.16 bits per heavy atom. The van der Waals surface area contributed by atoms with Gasteiger partial charge in [-0.05, 0) is 35.7 Å². The van der Waals surface area contributed by atoms with E-state index in [9.17, 15) is 9.18 Å². The van der Waals surface area contributed by atoms with Crippen molar-refractivity contribution in [3.63, 3.8) is 0 Å². The molecule has 0 bridgehead atoms.